The largest absolute Gasteiger partial charge is 0.395 e. The van der Waals surface area contributed by atoms with Gasteiger partial charge in [0.2, 0.25) is 0 Å². The van der Waals surface area contributed by atoms with Gasteiger partial charge in [0.1, 0.15) is 0 Å². The van der Waals surface area contributed by atoms with Crippen LogP contribution in [0, 0.1) is 6.92 Å². The molecule has 1 N–H and O–H groups in total. The third kappa shape index (κ3) is 4.18. The fourth-order valence-electron chi connectivity index (χ4n) is 2.72. The highest BCUT2D eigenvalue weighted by Gasteiger charge is 2.18. The van der Waals surface area contributed by atoms with Gasteiger partial charge in [-0.05, 0) is 31.4 Å². The Hall–Kier alpha value is -1.65. The minimum Gasteiger partial charge on any atom is -0.395 e. The summed E-state index contributed by atoms with van der Waals surface area (Å²) in [5, 5.41) is 14.1. The summed E-state index contributed by atoms with van der Waals surface area (Å²) >= 11 is 0. The molecule has 2 rings (SSSR count). The van der Waals surface area contributed by atoms with Gasteiger partial charge in [-0.1, -0.05) is 31.2 Å². The van der Waals surface area contributed by atoms with E-state index in [0.717, 1.165) is 26.1 Å². The number of hydrogen-bond donors (Lipinski definition) is 1. The highest BCUT2D eigenvalue weighted by Crippen LogP contribution is 2.17. The third-order valence-electron chi connectivity index (χ3n) is 4.23. The zero-order valence-corrected chi connectivity index (χ0v) is 13.9. The van der Waals surface area contributed by atoms with E-state index in [9.17, 15) is 5.11 Å². The van der Waals surface area contributed by atoms with Gasteiger partial charge in [-0.25, -0.2) is 0 Å². The van der Waals surface area contributed by atoms with E-state index in [-0.39, 0.29) is 12.6 Å². The van der Waals surface area contributed by atoms with E-state index in [1.165, 1.54) is 16.7 Å². The van der Waals surface area contributed by atoms with E-state index in [1.807, 2.05) is 10.9 Å². The molecule has 0 saturated heterocycles. The number of aryl methyl sites for hydroxylation is 2. The average Bonchev–Trinajstić information content (AvgIpc) is 2.98. The lowest BCUT2D eigenvalue weighted by Gasteiger charge is -2.30. The molecule has 0 amide bonds. The first-order valence-corrected chi connectivity index (χ1v) is 8.08. The predicted molar refractivity (Wildman–Crippen MR) is 89.5 cm³/mol. The second-order valence-corrected chi connectivity index (χ2v) is 5.78. The first-order valence-electron chi connectivity index (χ1n) is 8.08. The zero-order valence-electron chi connectivity index (χ0n) is 13.9. The van der Waals surface area contributed by atoms with Crippen LogP contribution in [0.1, 0.15) is 37.0 Å². The van der Waals surface area contributed by atoms with E-state index in [4.69, 9.17) is 0 Å². The molecule has 0 aliphatic carbocycles. The molecule has 0 aliphatic rings. The number of aromatic nitrogens is 2. The van der Waals surface area contributed by atoms with Crippen LogP contribution in [0.2, 0.25) is 0 Å². The molecule has 0 fully saturated rings. The van der Waals surface area contributed by atoms with Crippen molar-refractivity contribution >= 4 is 0 Å². The Morgan fingerprint density at radius 2 is 2.00 bits per heavy atom. The second kappa shape index (κ2) is 8.11. The molecule has 1 atom stereocenters. The quantitative estimate of drug-likeness (QED) is 0.815. The number of aliphatic hydroxyl groups excluding tert-OH is 1. The topological polar surface area (TPSA) is 41.3 Å². The van der Waals surface area contributed by atoms with Gasteiger partial charge in [0, 0.05) is 37.4 Å². The van der Waals surface area contributed by atoms with Gasteiger partial charge in [0.05, 0.1) is 12.8 Å². The zero-order chi connectivity index (χ0) is 15.9. The molecular formula is C18H27N3O. The van der Waals surface area contributed by atoms with Gasteiger partial charge in [-0.2, -0.15) is 5.10 Å². The molecule has 1 aromatic carbocycles. The first-order chi connectivity index (χ1) is 10.7. The second-order valence-electron chi connectivity index (χ2n) is 5.78. The van der Waals surface area contributed by atoms with Gasteiger partial charge in [0.25, 0.3) is 0 Å². The van der Waals surface area contributed by atoms with Crippen molar-refractivity contribution in [2.75, 3.05) is 6.61 Å². The van der Waals surface area contributed by atoms with Crippen molar-refractivity contribution in [1.82, 2.24) is 14.7 Å². The maximum Gasteiger partial charge on any atom is 0.0587 e. The Morgan fingerprint density at radius 1 is 1.23 bits per heavy atom. The van der Waals surface area contributed by atoms with Crippen LogP contribution >= 0.6 is 0 Å². The summed E-state index contributed by atoms with van der Waals surface area (Å²) in [4.78, 5) is 2.35. The fraction of sp³-hybridized carbons (Fsp3) is 0.500. The summed E-state index contributed by atoms with van der Waals surface area (Å²) in [5.41, 5.74) is 3.81. The van der Waals surface area contributed by atoms with Crippen molar-refractivity contribution in [2.45, 2.75) is 52.9 Å². The SMILES string of the molecule is CC[C@H](CO)N(Cc1cnn(CC)c1)Cc1ccccc1C. The minimum atomic E-state index is 0.171. The summed E-state index contributed by atoms with van der Waals surface area (Å²) in [6, 6.07) is 8.63. The molecule has 1 heterocycles. The van der Waals surface area contributed by atoms with E-state index in [1.54, 1.807) is 0 Å². The van der Waals surface area contributed by atoms with Crippen molar-refractivity contribution in [3.8, 4) is 0 Å². The van der Waals surface area contributed by atoms with Crippen molar-refractivity contribution in [2.24, 2.45) is 0 Å². The predicted octanol–water partition coefficient (Wildman–Crippen LogP) is 2.98. The minimum absolute atomic E-state index is 0.171. The highest BCUT2D eigenvalue weighted by molar-refractivity contribution is 5.25. The third-order valence-corrected chi connectivity index (χ3v) is 4.23. The van der Waals surface area contributed by atoms with Crippen LogP contribution < -0.4 is 0 Å². The van der Waals surface area contributed by atoms with Crippen LogP contribution in [0.15, 0.2) is 36.7 Å². The van der Waals surface area contributed by atoms with Gasteiger partial charge in [-0.15, -0.1) is 0 Å². The molecule has 0 radical (unpaired) electrons. The molecule has 2 aromatic rings. The average molecular weight is 301 g/mol. The molecule has 22 heavy (non-hydrogen) atoms. The number of aliphatic hydroxyl groups is 1. The number of benzene rings is 1. The maximum absolute atomic E-state index is 9.71. The summed E-state index contributed by atoms with van der Waals surface area (Å²) < 4.78 is 1.95. The van der Waals surface area contributed by atoms with Crippen molar-refractivity contribution in [3.05, 3.63) is 53.3 Å². The highest BCUT2D eigenvalue weighted by atomic mass is 16.3. The molecular weight excluding hydrogens is 274 g/mol. The van der Waals surface area contributed by atoms with Crippen LogP contribution in [-0.2, 0) is 19.6 Å². The Labute approximate surface area is 133 Å². The van der Waals surface area contributed by atoms with Crippen molar-refractivity contribution < 1.29 is 5.11 Å². The van der Waals surface area contributed by atoms with Gasteiger partial charge < -0.3 is 5.11 Å². The lowest BCUT2D eigenvalue weighted by atomic mass is 10.1. The van der Waals surface area contributed by atoms with E-state index in [2.05, 4.69) is 61.2 Å². The normalized spacial score (nSPS) is 12.8. The summed E-state index contributed by atoms with van der Waals surface area (Å²) in [6.07, 6.45) is 4.96. The molecule has 0 saturated carbocycles. The van der Waals surface area contributed by atoms with E-state index >= 15 is 0 Å². The lowest BCUT2D eigenvalue weighted by Crippen LogP contribution is -2.36. The van der Waals surface area contributed by atoms with Gasteiger partial charge >= 0.3 is 0 Å². The van der Waals surface area contributed by atoms with E-state index < -0.39 is 0 Å². The van der Waals surface area contributed by atoms with E-state index in [0.29, 0.717) is 0 Å². The molecule has 4 nitrogen and oxygen atoms in total. The number of nitrogens with zero attached hydrogens (tertiary/aromatic N) is 3. The molecule has 120 valence electrons. The summed E-state index contributed by atoms with van der Waals surface area (Å²) in [7, 11) is 0. The maximum atomic E-state index is 9.71. The van der Waals surface area contributed by atoms with Gasteiger partial charge in [-0.3, -0.25) is 9.58 Å². The summed E-state index contributed by atoms with van der Waals surface area (Å²) in [6.45, 7) is 9.09. The molecule has 0 bridgehead atoms. The van der Waals surface area contributed by atoms with Crippen LogP contribution in [-0.4, -0.2) is 32.4 Å². The lowest BCUT2D eigenvalue weighted by molar-refractivity contribution is 0.106. The van der Waals surface area contributed by atoms with Crippen LogP contribution in [0.3, 0.4) is 0 Å². The van der Waals surface area contributed by atoms with Crippen LogP contribution in [0.25, 0.3) is 0 Å². The Morgan fingerprint density at radius 3 is 2.59 bits per heavy atom. The Bertz CT molecular complexity index is 575. The van der Waals surface area contributed by atoms with Crippen LogP contribution in [0.4, 0.5) is 0 Å². The number of rotatable bonds is 8. The Balaban J connectivity index is 2.17. The van der Waals surface area contributed by atoms with Crippen molar-refractivity contribution in [3.63, 3.8) is 0 Å². The molecule has 1 aromatic heterocycles. The first kappa shape index (κ1) is 16.7. The van der Waals surface area contributed by atoms with Crippen LogP contribution in [0.5, 0.6) is 0 Å². The molecule has 0 spiro atoms. The molecule has 0 unspecified atom stereocenters. The number of hydrogen-bond acceptors (Lipinski definition) is 3. The molecule has 4 heteroatoms. The monoisotopic (exact) mass is 301 g/mol. The summed E-state index contributed by atoms with van der Waals surface area (Å²) in [5.74, 6) is 0. The van der Waals surface area contributed by atoms with Crippen molar-refractivity contribution in [1.29, 1.82) is 0 Å². The van der Waals surface area contributed by atoms with Gasteiger partial charge in [0.15, 0.2) is 0 Å². The fourth-order valence-corrected chi connectivity index (χ4v) is 2.72. The smallest absolute Gasteiger partial charge is 0.0587 e. The standard InChI is InChI=1S/C18H27N3O/c1-4-18(14-22)20(11-16-10-19-21(5-2)12-16)13-17-9-7-6-8-15(17)3/h6-10,12,18,22H,4-5,11,13-14H2,1-3H3/t18-/m1/s1. The Kier molecular flexibility index (Phi) is 6.16. The molecule has 0 aliphatic heterocycles.